The maximum absolute atomic E-state index is 12.7. The molecule has 0 saturated carbocycles. The normalized spacial score (nSPS) is 11.8. The number of hydrogen-bond acceptors (Lipinski definition) is 8. The lowest BCUT2D eigenvalue weighted by Gasteiger charge is -2.11. The largest absolute Gasteiger partial charge is 0.496 e. The molecule has 212 valence electrons. The lowest BCUT2D eigenvalue weighted by molar-refractivity contribution is 0.0439. The Bertz CT molecular complexity index is 1460. The van der Waals surface area contributed by atoms with Crippen molar-refractivity contribution in [3.05, 3.63) is 88.2 Å². The van der Waals surface area contributed by atoms with E-state index in [0.29, 0.717) is 22.8 Å². The van der Waals surface area contributed by atoms with Gasteiger partial charge in [-0.1, -0.05) is 44.0 Å². The number of aromatic nitrogens is 1. The minimum atomic E-state index is -4.17. The molecule has 2 aromatic carbocycles. The summed E-state index contributed by atoms with van der Waals surface area (Å²) < 4.78 is 37.8. The Morgan fingerprint density at radius 3 is 2.38 bits per heavy atom. The number of sulfonamides is 1. The molecule has 12 heteroatoms. The van der Waals surface area contributed by atoms with Gasteiger partial charge in [0.25, 0.3) is 21.8 Å². The smallest absolute Gasteiger partial charge is 0.356 e. The number of rotatable bonds is 12. The number of esters is 1. The lowest BCUT2D eigenvalue weighted by atomic mass is 10.1. The number of nitrogens with zero attached hydrogens (tertiary/aromatic N) is 1. The van der Waals surface area contributed by atoms with Crippen molar-refractivity contribution in [2.45, 2.75) is 31.6 Å². The summed E-state index contributed by atoms with van der Waals surface area (Å²) in [5, 5.41) is 3.18. The second kappa shape index (κ2) is 13.9. The van der Waals surface area contributed by atoms with Gasteiger partial charge in [0.2, 0.25) is 0 Å². The second-order valence-corrected chi connectivity index (χ2v) is 11.1. The van der Waals surface area contributed by atoms with Crippen LogP contribution in [-0.4, -0.2) is 51.4 Å². The average molecular weight is 588 g/mol. The third-order valence-electron chi connectivity index (χ3n) is 6.00. The zero-order valence-electron chi connectivity index (χ0n) is 22.3. The number of pyridine rings is 1. The SMILES string of the molecule is CCC(C)COC(=O)c1ccc(C(=O)NS(=O)(=O)c2ccc(CCNC(=O)c3cc(Cl)ccc3OC)cc2)cn1. The predicted octanol–water partition coefficient (Wildman–Crippen LogP) is 4.04. The van der Waals surface area contributed by atoms with Crippen molar-refractivity contribution in [3.8, 4) is 5.75 Å². The molecule has 40 heavy (non-hydrogen) atoms. The lowest BCUT2D eigenvalue weighted by Crippen LogP contribution is -2.30. The highest BCUT2D eigenvalue weighted by Crippen LogP contribution is 2.22. The van der Waals surface area contributed by atoms with Gasteiger partial charge in [-0.3, -0.25) is 9.59 Å². The Morgan fingerprint density at radius 2 is 1.75 bits per heavy atom. The van der Waals surface area contributed by atoms with Gasteiger partial charge in [-0.15, -0.1) is 0 Å². The van der Waals surface area contributed by atoms with Crippen LogP contribution >= 0.6 is 11.6 Å². The molecule has 1 atom stereocenters. The van der Waals surface area contributed by atoms with Crippen LogP contribution in [0.1, 0.15) is 57.0 Å². The van der Waals surface area contributed by atoms with Crippen LogP contribution in [0.5, 0.6) is 5.75 Å². The van der Waals surface area contributed by atoms with Gasteiger partial charge in [0, 0.05) is 17.8 Å². The molecule has 0 fully saturated rings. The van der Waals surface area contributed by atoms with E-state index in [1.807, 2.05) is 18.6 Å². The molecule has 0 aliphatic heterocycles. The summed E-state index contributed by atoms with van der Waals surface area (Å²) in [6, 6.07) is 13.2. The van der Waals surface area contributed by atoms with E-state index in [-0.39, 0.29) is 41.1 Å². The fraction of sp³-hybridized carbons (Fsp3) is 0.286. The quantitative estimate of drug-likeness (QED) is 0.303. The highest BCUT2D eigenvalue weighted by Gasteiger charge is 2.20. The summed E-state index contributed by atoms with van der Waals surface area (Å²) in [4.78, 5) is 40.9. The van der Waals surface area contributed by atoms with E-state index in [1.165, 1.54) is 37.4 Å². The summed E-state index contributed by atoms with van der Waals surface area (Å²) in [7, 11) is -2.71. The topological polar surface area (TPSA) is 141 Å². The molecule has 3 rings (SSSR count). The van der Waals surface area contributed by atoms with Crippen molar-refractivity contribution >= 4 is 39.4 Å². The highest BCUT2D eigenvalue weighted by molar-refractivity contribution is 7.90. The van der Waals surface area contributed by atoms with E-state index in [9.17, 15) is 22.8 Å². The van der Waals surface area contributed by atoms with Crippen LogP contribution in [-0.2, 0) is 21.2 Å². The van der Waals surface area contributed by atoms with Gasteiger partial charge in [0.05, 0.1) is 29.7 Å². The Labute approximate surface area is 238 Å². The highest BCUT2D eigenvalue weighted by atomic mass is 35.5. The molecule has 2 amide bonds. The van der Waals surface area contributed by atoms with Crippen LogP contribution < -0.4 is 14.8 Å². The predicted molar refractivity (Wildman–Crippen MR) is 149 cm³/mol. The summed E-state index contributed by atoms with van der Waals surface area (Å²) in [6.07, 6.45) is 2.40. The summed E-state index contributed by atoms with van der Waals surface area (Å²) in [5.74, 6) is -1.27. The third-order valence-corrected chi connectivity index (χ3v) is 7.58. The first-order chi connectivity index (χ1) is 19.0. The van der Waals surface area contributed by atoms with Crippen LogP contribution in [0.2, 0.25) is 5.02 Å². The monoisotopic (exact) mass is 587 g/mol. The van der Waals surface area contributed by atoms with E-state index >= 15 is 0 Å². The minimum Gasteiger partial charge on any atom is -0.496 e. The molecule has 0 saturated heterocycles. The van der Waals surface area contributed by atoms with E-state index in [1.54, 1.807) is 24.3 Å². The van der Waals surface area contributed by atoms with Crippen molar-refractivity contribution in [1.82, 2.24) is 15.0 Å². The van der Waals surface area contributed by atoms with Gasteiger partial charge in [-0.2, -0.15) is 0 Å². The minimum absolute atomic E-state index is 0.0150. The standard InChI is InChI=1S/C28H30ClN3O7S/c1-4-18(2)17-39-28(35)24-11-7-20(16-31-24)26(33)32-40(36,37)22-9-5-19(6-10-22)13-14-30-27(34)23-15-21(29)8-12-25(23)38-3/h5-12,15-16,18H,4,13-14,17H2,1-3H3,(H,30,34)(H,32,33). The second-order valence-electron chi connectivity index (χ2n) is 8.97. The van der Waals surface area contributed by atoms with Crippen LogP contribution in [0.3, 0.4) is 0 Å². The van der Waals surface area contributed by atoms with Gasteiger partial charge in [0.1, 0.15) is 11.4 Å². The van der Waals surface area contributed by atoms with Gasteiger partial charge in [-0.25, -0.2) is 22.9 Å². The molecular weight excluding hydrogens is 558 g/mol. The number of amides is 2. The van der Waals surface area contributed by atoms with Gasteiger partial charge < -0.3 is 14.8 Å². The van der Waals surface area contributed by atoms with Gasteiger partial charge >= 0.3 is 5.97 Å². The molecule has 0 radical (unpaired) electrons. The molecule has 0 spiro atoms. The first kappa shape index (κ1) is 30.6. The summed E-state index contributed by atoms with van der Waals surface area (Å²) in [5.41, 5.74) is 1.05. The number of carbonyl (C=O) groups excluding carboxylic acids is 3. The molecular formula is C28H30ClN3O7S. The van der Waals surface area contributed by atoms with Crippen molar-refractivity contribution in [3.63, 3.8) is 0 Å². The molecule has 2 N–H and O–H groups in total. The van der Waals surface area contributed by atoms with Crippen molar-refractivity contribution in [2.24, 2.45) is 5.92 Å². The third kappa shape index (κ3) is 8.27. The van der Waals surface area contributed by atoms with Crippen LogP contribution in [0.15, 0.2) is 65.7 Å². The first-order valence-electron chi connectivity index (χ1n) is 12.4. The maximum atomic E-state index is 12.7. The van der Waals surface area contributed by atoms with Crippen molar-refractivity contribution < 1.29 is 32.3 Å². The molecule has 0 aliphatic rings. The summed E-state index contributed by atoms with van der Waals surface area (Å²) in [6.45, 7) is 4.47. The Balaban J connectivity index is 1.55. The number of nitrogens with one attached hydrogen (secondary N) is 2. The molecule has 0 bridgehead atoms. The van der Waals surface area contributed by atoms with Crippen LogP contribution in [0.25, 0.3) is 0 Å². The fourth-order valence-corrected chi connectivity index (χ4v) is 4.55. The van der Waals surface area contributed by atoms with Gasteiger partial charge in [-0.05, 0) is 60.4 Å². The first-order valence-corrected chi connectivity index (χ1v) is 14.3. The van der Waals surface area contributed by atoms with Crippen LogP contribution in [0, 0.1) is 5.92 Å². The van der Waals surface area contributed by atoms with E-state index in [0.717, 1.165) is 18.2 Å². The fourth-order valence-electron chi connectivity index (χ4n) is 3.41. The van der Waals surface area contributed by atoms with E-state index in [2.05, 4.69) is 10.3 Å². The number of hydrogen-bond donors (Lipinski definition) is 2. The molecule has 1 heterocycles. The molecule has 10 nitrogen and oxygen atoms in total. The Morgan fingerprint density at radius 1 is 1.02 bits per heavy atom. The van der Waals surface area contributed by atoms with Crippen molar-refractivity contribution in [1.29, 1.82) is 0 Å². The molecule has 0 aliphatic carbocycles. The number of benzene rings is 2. The zero-order chi connectivity index (χ0) is 29.3. The van der Waals surface area contributed by atoms with E-state index < -0.39 is 21.9 Å². The number of ether oxygens (including phenoxy) is 2. The summed E-state index contributed by atoms with van der Waals surface area (Å²) >= 11 is 5.98. The molecule has 3 aromatic rings. The van der Waals surface area contributed by atoms with Gasteiger partial charge in [0.15, 0.2) is 0 Å². The average Bonchev–Trinajstić information content (AvgIpc) is 2.95. The zero-order valence-corrected chi connectivity index (χ0v) is 23.8. The number of halogens is 1. The van der Waals surface area contributed by atoms with Crippen LogP contribution in [0.4, 0.5) is 0 Å². The van der Waals surface area contributed by atoms with E-state index in [4.69, 9.17) is 21.1 Å². The number of carbonyl (C=O) groups is 3. The molecule has 1 unspecified atom stereocenters. The van der Waals surface area contributed by atoms with Crippen molar-refractivity contribution in [2.75, 3.05) is 20.3 Å². The number of methoxy groups -OCH3 is 1. The Kier molecular flexibility index (Phi) is 10.6. The molecule has 1 aromatic heterocycles. The maximum Gasteiger partial charge on any atom is 0.356 e. The Hall–Kier alpha value is -3.96.